The minimum atomic E-state index is -0.146. The summed E-state index contributed by atoms with van der Waals surface area (Å²) in [4.78, 5) is 11.2. The van der Waals surface area contributed by atoms with E-state index in [1.54, 1.807) is 0 Å². The van der Waals surface area contributed by atoms with Gasteiger partial charge in [-0.15, -0.1) is 0 Å². The second-order valence-electron chi connectivity index (χ2n) is 7.12. The SMILES string of the molecule is CCCCCCCCCCCCCCCCC=CC(C)C(=O)OC. The van der Waals surface area contributed by atoms with E-state index in [-0.39, 0.29) is 11.9 Å². The van der Waals surface area contributed by atoms with Gasteiger partial charge in [-0.2, -0.15) is 0 Å². The molecule has 0 saturated carbocycles. The summed E-state index contributed by atoms with van der Waals surface area (Å²) < 4.78 is 4.70. The van der Waals surface area contributed by atoms with Crippen LogP contribution in [0.2, 0.25) is 0 Å². The lowest BCUT2D eigenvalue weighted by Crippen LogP contribution is -2.09. The number of ether oxygens (including phenoxy) is 1. The smallest absolute Gasteiger partial charge is 0.312 e. The normalized spacial score (nSPS) is 12.6. The molecular formula is C22H42O2. The average molecular weight is 339 g/mol. The van der Waals surface area contributed by atoms with Gasteiger partial charge in [0.25, 0.3) is 0 Å². The fourth-order valence-corrected chi connectivity index (χ4v) is 3.02. The summed E-state index contributed by atoms with van der Waals surface area (Å²) in [5, 5.41) is 0. The fraction of sp³-hybridized carbons (Fsp3) is 0.864. The van der Waals surface area contributed by atoms with Crippen LogP contribution in [0.3, 0.4) is 0 Å². The van der Waals surface area contributed by atoms with Crippen LogP contribution < -0.4 is 0 Å². The number of unbranched alkanes of at least 4 members (excludes halogenated alkanes) is 14. The zero-order valence-electron chi connectivity index (χ0n) is 16.7. The summed E-state index contributed by atoms with van der Waals surface area (Å²) in [5.41, 5.74) is 0. The van der Waals surface area contributed by atoms with Crippen molar-refractivity contribution in [3.8, 4) is 0 Å². The number of carbonyl (C=O) groups is 1. The standard InChI is InChI=1S/C22H42O2/c1-4-5-6-7-8-9-10-11-12-13-14-15-16-17-18-19-20-21(2)22(23)24-3/h19-21H,4-18H2,1-3H3. The minimum absolute atomic E-state index is 0.110. The van der Waals surface area contributed by atoms with E-state index < -0.39 is 0 Å². The summed E-state index contributed by atoms with van der Waals surface area (Å²) in [6.07, 6.45) is 24.7. The number of hydrogen-bond acceptors (Lipinski definition) is 2. The zero-order valence-corrected chi connectivity index (χ0v) is 16.7. The molecule has 0 N–H and O–H groups in total. The number of methoxy groups -OCH3 is 1. The van der Waals surface area contributed by atoms with E-state index in [2.05, 4.69) is 13.0 Å². The van der Waals surface area contributed by atoms with Crippen LogP contribution in [0.15, 0.2) is 12.2 Å². The number of rotatable bonds is 17. The van der Waals surface area contributed by atoms with Crippen molar-refractivity contribution in [3.05, 3.63) is 12.2 Å². The highest BCUT2D eigenvalue weighted by Crippen LogP contribution is 2.13. The molecule has 0 aliphatic heterocycles. The second kappa shape index (κ2) is 18.5. The molecule has 0 bridgehead atoms. The van der Waals surface area contributed by atoms with Crippen LogP contribution in [0.4, 0.5) is 0 Å². The first-order valence-corrected chi connectivity index (χ1v) is 10.5. The Morgan fingerprint density at radius 2 is 1.21 bits per heavy atom. The van der Waals surface area contributed by atoms with Crippen molar-refractivity contribution >= 4 is 5.97 Å². The van der Waals surface area contributed by atoms with Crippen LogP contribution in [0.25, 0.3) is 0 Å². The molecule has 0 aliphatic carbocycles. The molecule has 2 heteroatoms. The van der Waals surface area contributed by atoms with Crippen molar-refractivity contribution in [2.75, 3.05) is 7.11 Å². The molecule has 0 fully saturated rings. The van der Waals surface area contributed by atoms with Crippen molar-refractivity contribution in [1.82, 2.24) is 0 Å². The third-order valence-corrected chi connectivity index (χ3v) is 4.72. The number of esters is 1. The molecule has 24 heavy (non-hydrogen) atoms. The van der Waals surface area contributed by atoms with Crippen molar-refractivity contribution < 1.29 is 9.53 Å². The summed E-state index contributed by atoms with van der Waals surface area (Å²) in [6.45, 7) is 4.16. The number of carbonyl (C=O) groups excluding carboxylic acids is 1. The molecule has 1 atom stereocenters. The molecule has 0 saturated heterocycles. The molecule has 0 radical (unpaired) electrons. The van der Waals surface area contributed by atoms with Gasteiger partial charge in [-0.1, -0.05) is 103 Å². The zero-order chi connectivity index (χ0) is 17.9. The van der Waals surface area contributed by atoms with E-state index in [1.165, 1.54) is 97.0 Å². The predicted molar refractivity (Wildman–Crippen MR) is 105 cm³/mol. The Hall–Kier alpha value is -0.790. The van der Waals surface area contributed by atoms with Gasteiger partial charge < -0.3 is 4.74 Å². The molecule has 0 aromatic rings. The molecule has 0 amide bonds. The van der Waals surface area contributed by atoms with Crippen LogP contribution in [-0.2, 0) is 9.53 Å². The van der Waals surface area contributed by atoms with Gasteiger partial charge >= 0.3 is 5.97 Å². The Balaban J connectivity index is 3.18. The van der Waals surface area contributed by atoms with Gasteiger partial charge in [0.1, 0.15) is 0 Å². The Bertz CT molecular complexity index is 296. The summed E-state index contributed by atoms with van der Waals surface area (Å²) in [6, 6.07) is 0. The Labute approximate surface area is 151 Å². The van der Waals surface area contributed by atoms with E-state index >= 15 is 0 Å². The third-order valence-electron chi connectivity index (χ3n) is 4.72. The highest BCUT2D eigenvalue weighted by molar-refractivity contribution is 5.73. The van der Waals surface area contributed by atoms with E-state index in [1.807, 2.05) is 13.0 Å². The van der Waals surface area contributed by atoms with Crippen molar-refractivity contribution in [2.45, 2.75) is 110 Å². The molecule has 142 valence electrons. The maximum atomic E-state index is 11.2. The first-order chi connectivity index (χ1) is 11.7. The predicted octanol–water partition coefficient (Wildman–Crippen LogP) is 7.22. The van der Waals surface area contributed by atoms with Crippen LogP contribution in [0.5, 0.6) is 0 Å². The van der Waals surface area contributed by atoms with Crippen molar-refractivity contribution in [1.29, 1.82) is 0 Å². The van der Waals surface area contributed by atoms with Gasteiger partial charge in [-0.25, -0.2) is 0 Å². The highest BCUT2D eigenvalue weighted by Gasteiger charge is 2.07. The highest BCUT2D eigenvalue weighted by atomic mass is 16.5. The van der Waals surface area contributed by atoms with Gasteiger partial charge in [0.05, 0.1) is 13.0 Å². The molecule has 0 rings (SSSR count). The summed E-state index contributed by atoms with van der Waals surface area (Å²) in [7, 11) is 1.44. The average Bonchev–Trinajstić information content (AvgIpc) is 2.60. The van der Waals surface area contributed by atoms with Gasteiger partial charge in [-0.3, -0.25) is 4.79 Å². The Morgan fingerprint density at radius 1 is 0.792 bits per heavy atom. The molecule has 2 nitrogen and oxygen atoms in total. The van der Waals surface area contributed by atoms with E-state index in [4.69, 9.17) is 4.74 Å². The molecule has 0 aromatic heterocycles. The third kappa shape index (κ3) is 16.1. The lowest BCUT2D eigenvalue weighted by atomic mass is 10.0. The largest absolute Gasteiger partial charge is 0.469 e. The molecule has 0 spiro atoms. The first-order valence-electron chi connectivity index (χ1n) is 10.5. The molecule has 0 aliphatic rings. The van der Waals surface area contributed by atoms with Gasteiger partial charge in [-0.05, 0) is 19.8 Å². The summed E-state index contributed by atoms with van der Waals surface area (Å²) >= 11 is 0. The fourth-order valence-electron chi connectivity index (χ4n) is 3.02. The quantitative estimate of drug-likeness (QED) is 0.159. The number of hydrogen-bond donors (Lipinski definition) is 0. The topological polar surface area (TPSA) is 26.3 Å². The first kappa shape index (κ1) is 23.2. The maximum Gasteiger partial charge on any atom is 0.312 e. The maximum absolute atomic E-state index is 11.2. The lowest BCUT2D eigenvalue weighted by molar-refractivity contribution is -0.143. The summed E-state index contributed by atoms with van der Waals surface area (Å²) in [5.74, 6) is -0.256. The Kier molecular flexibility index (Phi) is 17.9. The van der Waals surface area contributed by atoms with Gasteiger partial charge in [0.2, 0.25) is 0 Å². The monoisotopic (exact) mass is 338 g/mol. The van der Waals surface area contributed by atoms with Crippen molar-refractivity contribution in [2.24, 2.45) is 5.92 Å². The molecular weight excluding hydrogens is 296 g/mol. The second-order valence-corrected chi connectivity index (χ2v) is 7.12. The van der Waals surface area contributed by atoms with E-state index in [0.717, 1.165) is 6.42 Å². The van der Waals surface area contributed by atoms with Crippen LogP contribution in [-0.4, -0.2) is 13.1 Å². The molecule has 1 unspecified atom stereocenters. The minimum Gasteiger partial charge on any atom is -0.469 e. The molecule has 0 aromatic carbocycles. The van der Waals surface area contributed by atoms with Crippen LogP contribution >= 0.6 is 0 Å². The van der Waals surface area contributed by atoms with Crippen molar-refractivity contribution in [3.63, 3.8) is 0 Å². The van der Waals surface area contributed by atoms with Gasteiger partial charge in [0, 0.05) is 0 Å². The molecule has 0 heterocycles. The van der Waals surface area contributed by atoms with Crippen LogP contribution in [0, 0.1) is 5.92 Å². The van der Waals surface area contributed by atoms with E-state index in [0.29, 0.717) is 0 Å². The lowest BCUT2D eigenvalue weighted by Gasteiger charge is -2.03. The Morgan fingerprint density at radius 3 is 1.62 bits per heavy atom. The van der Waals surface area contributed by atoms with Gasteiger partial charge in [0.15, 0.2) is 0 Å². The number of allylic oxidation sites excluding steroid dienone is 1. The van der Waals surface area contributed by atoms with Crippen LogP contribution in [0.1, 0.15) is 110 Å². The van der Waals surface area contributed by atoms with E-state index in [9.17, 15) is 4.79 Å².